The minimum absolute atomic E-state index is 0. The van der Waals surface area contributed by atoms with Crippen molar-refractivity contribution < 1.29 is 0 Å². The van der Waals surface area contributed by atoms with Crippen molar-refractivity contribution in [1.29, 1.82) is 0 Å². The van der Waals surface area contributed by atoms with Gasteiger partial charge in [-0.05, 0) is 0 Å². The molecule has 0 radical (unpaired) electrons. The van der Waals surface area contributed by atoms with Crippen molar-refractivity contribution >= 4 is 56.1 Å². The summed E-state index contributed by atoms with van der Waals surface area (Å²) < 4.78 is 0. The standard InChI is InChI=1S/C19H18BrP.BrH/c20-16-21(17-10-4-1-5-11-17,18-12-6-2-7-13-18)19-14-8-3-9-15-19;/h1-15,21H,16H2;1H. The molecule has 3 heteroatoms. The summed E-state index contributed by atoms with van der Waals surface area (Å²) in [5.41, 5.74) is 0. The molecule has 0 heterocycles. The molecule has 0 saturated carbocycles. The second-order valence-corrected chi connectivity index (χ2v) is 10.6. The van der Waals surface area contributed by atoms with E-state index in [1.165, 1.54) is 15.9 Å². The van der Waals surface area contributed by atoms with Gasteiger partial charge in [-0.2, -0.15) is 0 Å². The van der Waals surface area contributed by atoms with Crippen LogP contribution >= 0.6 is 40.2 Å². The molecule has 0 unspecified atom stereocenters. The molecule has 114 valence electrons. The molecule has 0 aliphatic carbocycles. The van der Waals surface area contributed by atoms with Crippen LogP contribution in [0.4, 0.5) is 0 Å². The Bertz CT molecular complexity index is 588. The number of benzene rings is 3. The first-order valence-electron chi connectivity index (χ1n) is 7.10. The van der Waals surface area contributed by atoms with E-state index in [0.717, 1.165) is 5.07 Å². The average Bonchev–Trinajstić information content (AvgIpc) is 2.59. The van der Waals surface area contributed by atoms with Gasteiger partial charge in [0.2, 0.25) is 0 Å². The third-order valence-corrected chi connectivity index (χ3v) is 10.9. The molecule has 0 fully saturated rings. The summed E-state index contributed by atoms with van der Waals surface area (Å²) in [5, 5.41) is 5.32. The summed E-state index contributed by atoms with van der Waals surface area (Å²) in [4.78, 5) is 0. The van der Waals surface area contributed by atoms with Crippen LogP contribution in [0.25, 0.3) is 0 Å². The Labute approximate surface area is 151 Å². The van der Waals surface area contributed by atoms with Gasteiger partial charge in [0.25, 0.3) is 0 Å². The van der Waals surface area contributed by atoms with Gasteiger partial charge in [-0.15, -0.1) is 17.0 Å². The summed E-state index contributed by atoms with van der Waals surface area (Å²) in [7, 11) is -1.98. The van der Waals surface area contributed by atoms with E-state index < -0.39 is 7.26 Å². The fourth-order valence-electron chi connectivity index (χ4n) is 2.90. The van der Waals surface area contributed by atoms with Gasteiger partial charge in [-0.3, -0.25) is 0 Å². The molecule has 0 bridgehead atoms. The zero-order valence-electron chi connectivity index (χ0n) is 12.2. The summed E-state index contributed by atoms with van der Waals surface area (Å²) in [6.07, 6.45) is 0. The summed E-state index contributed by atoms with van der Waals surface area (Å²) in [6.45, 7) is 0. The Morgan fingerprint density at radius 2 is 0.818 bits per heavy atom. The third kappa shape index (κ3) is 3.20. The predicted octanol–water partition coefficient (Wildman–Crippen LogP) is 4.64. The van der Waals surface area contributed by atoms with E-state index in [9.17, 15) is 0 Å². The fourth-order valence-corrected chi connectivity index (χ4v) is 9.56. The fraction of sp³-hybridized carbons (Fsp3) is 0.0526. The van der Waals surface area contributed by atoms with Crippen molar-refractivity contribution in [2.75, 3.05) is 5.07 Å². The molecule has 0 aliphatic heterocycles. The summed E-state index contributed by atoms with van der Waals surface area (Å²) in [6, 6.07) is 32.8. The van der Waals surface area contributed by atoms with Crippen molar-refractivity contribution in [3.05, 3.63) is 91.0 Å². The van der Waals surface area contributed by atoms with E-state index in [2.05, 4.69) is 107 Å². The first-order valence-corrected chi connectivity index (χ1v) is 10.4. The molecule has 3 aromatic rings. The average molecular weight is 438 g/mol. The molecule has 0 spiro atoms. The van der Waals surface area contributed by atoms with E-state index in [1.54, 1.807) is 0 Å². The zero-order valence-corrected chi connectivity index (χ0v) is 16.5. The van der Waals surface area contributed by atoms with Crippen LogP contribution in [0.1, 0.15) is 0 Å². The van der Waals surface area contributed by atoms with Gasteiger partial charge in [-0.1, -0.05) is 0 Å². The number of hydrogen-bond donors (Lipinski definition) is 0. The molecule has 0 amide bonds. The second kappa shape index (κ2) is 8.06. The predicted molar refractivity (Wildman–Crippen MR) is 111 cm³/mol. The number of alkyl halides is 1. The molecule has 0 nitrogen and oxygen atoms in total. The van der Waals surface area contributed by atoms with Crippen LogP contribution in [0.3, 0.4) is 0 Å². The molecule has 0 aliphatic rings. The van der Waals surface area contributed by atoms with Crippen LogP contribution in [0, 0.1) is 0 Å². The van der Waals surface area contributed by atoms with Crippen molar-refractivity contribution in [1.82, 2.24) is 0 Å². The van der Waals surface area contributed by atoms with Crippen LogP contribution < -0.4 is 15.9 Å². The van der Waals surface area contributed by atoms with E-state index in [-0.39, 0.29) is 17.0 Å². The molecule has 3 rings (SSSR count). The molecule has 0 atom stereocenters. The topological polar surface area (TPSA) is 0 Å². The summed E-state index contributed by atoms with van der Waals surface area (Å²) >= 11 is 3.84. The summed E-state index contributed by atoms with van der Waals surface area (Å²) in [5.74, 6) is 0. The molecule has 0 aromatic heterocycles. The Morgan fingerprint density at radius 3 is 1.05 bits per heavy atom. The Hall–Kier alpha value is -0.950. The van der Waals surface area contributed by atoms with E-state index >= 15 is 0 Å². The van der Waals surface area contributed by atoms with Crippen molar-refractivity contribution in [2.24, 2.45) is 0 Å². The van der Waals surface area contributed by atoms with Gasteiger partial charge in [0.05, 0.1) is 0 Å². The van der Waals surface area contributed by atoms with Crippen molar-refractivity contribution in [2.45, 2.75) is 0 Å². The normalized spacial score (nSPS) is 11.5. The van der Waals surface area contributed by atoms with Crippen LogP contribution in [0.5, 0.6) is 0 Å². The first-order chi connectivity index (χ1) is 10.4. The number of hydrogen-bond acceptors (Lipinski definition) is 0. The first kappa shape index (κ1) is 17.4. The van der Waals surface area contributed by atoms with Crippen LogP contribution in [-0.2, 0) is 0 Å². The molecule has 0 N–H and O–H groups in total. The monoisotopic (exact) mass is 436 g/mol. The Kier molecular flexibility index (Phi) is 6.37. The zero-order chi connectivity index (χ0) is 14.5. The second-order valence-electron chi connectivity index (χ2n) is 5.14. The Balaban J connectivity index is 0.00000176. The quantitative estimate of drug-likeness (QED) is 0.412. The number of halogens is 2. The van der Waals surface area contributed by atoms with Crippen LogP contribution in [-0.4, -0.2) is 5.07 Å². The van der Waals surface area contributed by atoms with Crippen LogP contribution in [0.15, 0.2) is 91.0 Å². The molecular formula is C19H19Br2P. The maximum atomic E-state index is 3.84. The maximum absolute atomic E-state index is 3.84. The van der Waals surface area contributed by atoms with E-state index in [0.29, 0.717) is 0 Å². The molecule has 0 saturated heterocycles. The SMILES string of the molecule is Br.BrC[PH](c1ccccc1)(c1ccccc1)c1ccccc1. The molecule has 22 heavy (non-hydrogen) atoms. The number of rotatable bonds is 4. The van der Waals surface area contributed by atoms with Gasteiger partial charge in [0, 0.05) is 0 Å². The van der Waals surface area contributed by atoms with E-state index in [1.807, 2.05) is 0 Å². The van der Waals surface area contributed by atoms with Gasteiger partial charge in [0.1, 0.15) is 0 Å². The van der Waals surface area contributed by atoms with Gasteiger partial charge in [-0.25, -0.2) is 0 Å². The van der Waals surface area contributed by atoms with Crippen molar-refractivity contribution in [3.8, 4) is 0 Å². The van der Waals surface area contributed by atoms with Gasteiger partial charge < -0.3 is 0 Å². The van der Waals surface area contributed by atoms with Crippen LogP contribution in [0.2, 0.25) is 0 Å². The Morgan fingerprint density at radius 1 is 0.545 bits per heavy atom. The van der Waals surface area contributed by atoms with Gasteiger partial charge in [0.15, 0.2) is 0 Å². The third-order valence-electron chi connectivity index (χ3n) is 4.00. The van der Waals surface area contributed by atoms with E-state index in [4.69, 9.17) is 0 Å². The minimum atomic E-state index is -1.98. The molecular weight excluding hydrogens is 419 g/mol. The van der Waals surface area contributed by atoms with Gasteiger partial charge >= 0.3 is 135 Å². The van der Waals surface area contributed by atoms with Crippen molar-refractivity contribution in [3.63, 3.8) is 0 Å². The molecule has 3 aromatic carbocycles.